The van der Waals surface area contributed by atoms with E-state index in [9.17, 15) is 9.59 Å². The van der Waals surface area contributed by atoms with E-state index in [-0.39, 0.29) is 17.7 Å². The maximum absolute atomic E-state index is 12.2. The molecular weight excluding hydrogens is 260 g/mol. The van der Waals surface area contributed by atoms with E-state index < -0.39 is 6.04 Å². The van der Waals surface area contributed by atoms with Crippen LogP contribution in [0.15, 0.2) is 29.2 Å². The van der Waals surface area contributed by atoms with E-state index in [4.69, 9.17) is 0 Å². The summed E-state index contributed by atoms with van der Waals surface area (Å²) in [5, 5.41) is 5.55. The van der Waals surface area contributed by atoms with Crippen molar-refractivity contribution in [2.24, 2.45) is 5.92 Å². The molecule has 0 bridgehead atoms. The summed E-state index contributed by atoms with van der Waals surface area (Å²) in [6.07, 6.45) is 1.96. The third-order valence-electron chi connectivity index (χ3n) is 2.67. The van der Waals surface area contributed by atoms with Gasteiger partial charge in [-0.2, -0.15) is 0 Å². The Balaban J connectivity index is 2.84. The molecule has 5 heteroatoms. The highest BCUT2D eigenvalue weighted by molar-refractivity contribution is 7.98. The van der Waals surface area contributed by atoms with Crippen molar-refractivity contribution in [3.63, 3.8) is 0 Å². The number of amides is 2. The number of nitrogens with one attached hydrogen (secondary N) is 2. The molecule has 0 spiro atoms. The van der Waals surface area contributed by atoms with Crippen LogP contribution in [0.4, 0.5) is 5.69 Å². The van der Waals surface area contributed by atoms with Crippen LogP contribution in [-0.2, 0) is 9.59 Å². The summed E-state index contributed by atoms with van der Waals surface area (Å²) in [7, 11) is 0. The molecule has 0 fully saturated rings. The van der Waals surface area contributed by atoms with Gasteiger partial charge in [0, 0.05) is 11.8 Å². The first-order valence-electron chi connectivity index (χ1n) is 6.16. The van der Waals surface area contributed by atoms with Crippen LogP contribution in [0, 0.1) is 5.92 Å². The molecule has 1 rings (SSSR count). The van der Waals surface area contributed by atoms with Gasteiger partial charge < -0.3 is 10.6 Å². The maximum Gasteiger partial charge on any atom is 0.247 e. The molecule has 2 N–H and O–H groups in total. The minimum Gasteiger partial charge on any atom is -0.344 e. The van der Waals surface area contributed by atoms with Gasteiger partial charge >= 0.3 is 0 Å². The molecule has 1 aromatic carbocycles. The zero-order valence-corrected chi connectivity index (χ0v) is 12.5. The summed E-state index contributed by atoms with van der Waals surface area (Å²) in [6.45, 7) is 5.22. The first-order chi connectivity index (χ1) is 8.95. The average Bonchev–Trinajstić information content (AvgIpc) is 2.36. The minimum atomic E-state index is -0.521. The minimum absolute atomic E-state index is 0.0327. The fraction of sp³-hybridized carbons (Fsp3) is 0.429. The Hall–Kier alpha value is -1.49. The number of anilines is 1. The molecule has 0 radical (unpaired) electrons. The molecule has 0 saturated carbocycles. The summed E-state index contributed by atoms with van der Waals surface area (Å²) >= 11 is 1.57. The van der Waals surface area contributed by atoms with Crippen LogP contribution < -0.4 is 10.6 Å². The van der Waals surface area contributed by atoms with Gasteiger partial charge in [-0.15, -0.1) is 11.8 Å². The quantitative estimate of drug-likeness (QED) is 0.815. The van der Waals surface area contributed by atoms with E-state index in [1.165, 1.54) is 6.92 Å². The van der Waals surface area contributed by atoms with Gasteiger partial charge in [-0.1, -0.05) is 26.0 Å². The standard InChI is InChI=1S/C14H20N2O2S/c1-9(2)13(15-10(3)17)14(18)16-11-7-5-6-8-12(11)19-4/h5-9,13H,1-4H3,(H,15,17)(H,16,18)/t13-/m0/s1. The van der Waals surface area contributed by atoms with Crippen molar-refractivity contribution in [1.29, 1.82) is 0 Å². The summed E-state index contributed by atoms with van der Waals surface area (Å²) in [5.41, 5.74) is 0.774. The molecule has 104 valence electrons. The van der Waals surface area contributed by atoms with Crippen LogP contribution in [0.2, 0.25) is 0 Å². The zero-order valence-electron chi connectivity index (χ0n) is 11.7. The fourth-order valence-corrected chi connectivity index (χ4v) is 2.27. The molecule has 0 aromatic heterocycles. The molecular formula is C14H20N2O2S. The highest BCUT2D eigenvalue weighted by atomic mass is 32.2. The second-order valence-corrected chi connectivity index (χ2v) is 5.46. The van der Waals surface area contributed by atoms with E-state index in [0.717, 1.165) is 10.6 Å². The summed E-state index contributed by atoms with van der Waals surface area (Å²) in [6, 6.07) is 7.08. The van der Waals surface area contributed by atoms with E-state index in [0.29, 0.717) is 0 Å². The Morgan fingerprint density at radius 3 is 2.37 bits per heavy atom. The van der Waals surface area contributed by atoms with Gasteiger partial charge in [-0.25, -0.2) is 0 Å². The van der Waals surface area contributed by atoms with Gasteiger partial charge in [0.05, 0.1) is 5.69 Å². The molecule has 0 unspecified atom stereocenters. The topological polar surface area (TPSA) is 58.2 Å². The van der Waals surface area contributed by atoms with Gasteiger partial charge in [0.15, 0.2) is 0 Å². The number of carbonyl (C=O) groups excluding carboxylic acids is 2. The third kappa shape index (κ3) is 4.59. The van der Waals surface area contributed by atoms with Crippen LogP contribution in [0.25, 0.3) is 0 Å². The molecule has 0 heterocycles. The maximum atomic E-state index is 12.2. The van der Waals surface area contributed by atoms with Gasteiger partial charge in [-0.05, 0) is 24.3 Å². The van der Waals surface area contributed by atoms with Crippen molar-refractivity contribution in [2.75, 3.05) is 11.6 Å². The average molecular weight is 280 g/mol. The molecule has 0 aliphatic heterocycles. The lowest BCUT2D eigenvalue weighted by Crippen LogP contribution is -2.46. The van der Waals surface area contributed by atoms with Crippen LogP contribution >= 0.6 is 11.8 Å². The highest BCUT2D eigenvalue weighted by Gasteiger charge is 2.23. The summed E-state index contributed by atoms with van der Waals surface area (Å²) < 4.78 is 0. The smallest absolute Gasteiger partial charge is 0.247 e. The fourth-order valence-electron chi connectivity index (χ4n) is 1.71. The van der Waals surface area contributed by atoms with Gasteiger partial charge in [-0.3, -0.25) is 9.59 Å². The predicted octanol–water partition coefficient (Wildman–Crippen LogP) is 2.51. The lowest BCUT2D eigenvalue weighted by atomic mass is 10.0. The Morgan fingerprint density at radius 1 is 1.21 bits per heavy atom. The van der Waals surface area contributed by atoms with Gasteiger partial charge in [0.25, 0.3) is 0 Å². The molecule has 0 aliphatic rings. The van der Waals surface area contributed by atoms with Gasteiger partial charge in [0.2, 0.25) is 11.8 Å². The lowest BCUT2D eigenvalue weighted by Gasteiger charge is -2.21. The Morgan fingerprint density at radius 2 is 1.84 bits per heavy atom. The molecule has 1 aromatic rings. The number of rotatable bonds is 5. The molecule has 0 saturated heterocycles. The number of benzene rings is 1. The second kappa shape index (κ2) is 7.19. The lowest BCUT2D eigenvalue weighted by molar-refractivity contribution is -0.126. The normalized spacial score (nSPS) is 12.1. The van der Waals surface area contributed by atoms with Crippen LogP contribution in [0.5, 0.6) is 0 Å². The molecule has 19 heavy (non-hydrogen) atoms. The first-order valence-corrected chi connectivity index (χ1v) is 7.39. The third-order valence-corrected chi connectivity index (χ3v) is 3.47. The SMILES string of the molecule is CSc1ccccc1NC(=O)[C@@H](NC(C)=O)C(C)C. The second-order valence-electron chi connectivity index (χ2n) is 4.61. The Kier molecular flexibility index (Phi) is 5.89. The number of carbonyl (C=O) groups is 2. The van der Waals surface area contributed by atoms with E-state index in [1.54, 1.807) is 11.8 Å². The molecule has 0 aliphatic carbocycles. The van der Waals surface area contributed by atoms with E-state index in [2.05, 4.69) is 10.6 Å². The van der Waals surface area contributed by atoms with Crippen molar-refractivity contribution in [2.45, 2.75) is 31.7 Å². The summed E-state index contributed by atoms with van der Waals surface area (Å²) in [5.74, 6) is -0.357. The van der Waals surface area contributed by atoms with Crippen LogP contribution in [-0.4, -0.2) is 24.1 Å². The van der Waals surface area contributed by atoms with Crippen molar-refractivity contribution in [1.82, 2.24) is 5.32 Å². The van der Waals surface area contributed by atoms with Crippen molar-refractivity contribution in [3.05, 3.63) is 24.3 Å². The van der Waals surface area contributed by atoms with Crippen LogP contribution in [0.1, 0.15) is 20.8 Å². The van der Waals surface area contributed by atoms with E-state index >= 15 is 0 Å². The van der Waals surface area contributed by atoms with Crippen molar-refractivity contribution >= 4 is 29.3 Å². The summed E-state index contributed by atoms with van der Waals surface area (Å²) in [4.78, 5) is 24.4. The molecule has 2 amide bonds. The zero-order chi connectivity index (χ0) is 14.4. The van der Waals surface area contributed by atoms with Crippen molar-refractivity contribution in [3.8, 4) is 0 Å². The number of thioether (sulfide) groups is 1. The highest BCUT2D eigenvalue weighted by Crippen LogP contribution is 2.24. The largest absolute Gasteiger partial charge is 0.344 e. The number of hydrogen-bond donors (Lipinski definition) is 2. The Labute approximate surface area is 118 Å². The van der Waals surface area contributed by atoms with Crippen molar-refractivity contribution < 1.29 is 9.59 Å². The number of para-hydroxylation sites is 1. The molecule has 4 nitrogen and oxygen atoms in total. The van der Waals surface area contributed by atoms with Gasteiger partial charge in [0.1, 0.15) is 6.04 Å². The number of hydrogen-bond acceptors (Lipinski definition) is 3. The van der Waals surface area contributed by atoms with Crippen LogP contribution in [0.3, 0.4) is 0 Å². The Bertz CT molecular complexity index is 461. The predicted molar refractivity (Wildman–Crippen MR) is 79.3 cm³/mol. The first kappa shape index (κ1) is 15.6. The monoisotopic (exact) mass is 280 g/mol. The molecule has 1 atom stereocenters. The van der Waals surface area contributed by atoms with E-state index in [1.807, 2.05) is 44.4 Å².